The second kappa shape index (κ2) is 13.0. The standard InChI is InChI=1S/C25H33N3O5S/c1-30-13-9-27(16-21(29)18-31-19-22-8-5-12-32-22)17-23-24(20-6-3-2-4-7-20)26-33-25(23)28-10-14-34-15-11-28/h2-8,12,21,29H,9-11,13-19H2,1H3/t21-/m0/s1. The second-order valence-electron chi connectivity index (χ2n) is 8.26. The average molecular weight is 488 g/mol. The lowest BCUT2D eigenvalue weighted by Gasteiger charge is -2.29. The van der Waals surface area contributed by atoms with Gasteiger partial charge in [0.05, 0.1) is 31.1 Å². The normalized spacial score (nSPS) is 15.2. The van der Waals surface area contributed by atoms with E-state index in [0.717, 1.165) is 53.1 Å². The number of aliphatic hydroxyl groups is 1. The van der Waals surface area contributed by atoms with Gasteiger partial charge in [-0.25, -0.2) is 0 Å². The van der Waals surface area contributed by atoms with Gasteiger partial charge in [0.2, 0.25) is 5.88 Å². The smallest absolute Gasteiger partial charge is 0.232 e. The highest BCUT2D eigenvalue weighted by Gasteiger charge is 2.26. The maximum absolute atomic E-state index is 10.7. The molecule has 1 aliphatic heterocycles. The number of aliphatic hydroxyl groups excluding tert-OH is 1. The fraction of sp³-hybridized carbons (Fsp3) is 0.480. The molecular formula is C25H33N3O5S. The molecular weight excluding hydrogens is 454 g/mol. The zero-order chi connectivity index (χ0) is 23.6. The van der Waals surface area contributed by atoms with Gasteiger partial charge in [0.1, 0.15) is 18.1 Å². The Kier molecular flexibility index (Phi) is 9.46. The minimum absolute atomic E-state index is 0.218. The van der Waals surface area contributed by atoms with Crippen LogP contribution in [0.4, 0.5) is 5.88 Å². The van der Waals surface area contributed by atoms with Gasteiger partial charge < -0.3 is 28.4 Å². The fourth-order valence-electron chi connectivity index (χ4n) is 4.00. The first-order valence-electron chi connectivity index (χ1n) is 11.6. The first-order chi connectivity index (χ1) is 16.7. The molecule has 1 N–H and O–H groups in total. The number of aromatic nitrogens is 1. The summed E-state index contributed by atoms with van der Waals surface area (Å²) >= 11 is 1.96. The molecule has 2 aromatic heterocycles. The van der Waals surface area contributed by atoms with Gasteiger partial charge >= 0.3 is 0 Å². The predicted molar refractivity (Wildman–Crippen MR) is 133 cm³/mol. The van der Waals surface area contributed by atoms with E-state index in [1.54, 1.807) is 13.4 Å². The second-order valence-corrected chi connectivity index (χ2v) is 9.48. The maximum Gasteiger partial charge on any atom is 0.232 e. The maximum atomic E-state index is 10.7. The largest absolute Gasteiger partial charge is 0.467 e. The molecule has 1 fully saturated rings. The molecule has 8 nitrogen and oxygen atoms in total. The Balaban J connectivity index is 1.49. The van der Waals surface area contributed by atoms with Crippen LogP contribution in [0.25, 0.3) is 11.3 Å². The SMILES string of the molecule is COCCN(Cc1c(-c2ccccc2)noc1N1CCSCC1)C[C@H](O)COCc1ccco1. The first-order valence-corrected chi connectivity index (χ1v) is 12.8. The molecule has 34 heavy (non-hydrogen) atoms. The van der Waals surface area contributed by atoms with Gasteiger partial charge in [0, 0.05) is 56.9 Å². The molecule has 3 aromatic rings. The molecule has 0 amide bonds. The quantitative estimate of drug-likeness (QED) is 0.389. The van der Waals surface area contributed by atoms with Crippen LogP contribution in [0.15, 0.2) is 57.7 Å². The molecule has 0 saturated carbocycles. The predicted octanol–water partition coefficient (Wildman–Crippen LogP) is 3.51. The molecule has 1 aliphatic rings. The van der Waals surface area contributed by atoms with Gasteiger partial charge in [0.15, 0.2) is 0 Å². The summed E-state index contributed by atoms with van der Waals surface area (Å²) in [7, 11) is 1.69. The Labute approximate surface area is 204 Å². The van der Waals surface area contributed by atoms with E-state index in [1.165, 1.54) is 0 Å². The van der Waals surface area contributed by atoms with Crippen LogP contribution >= 0.6 is 11.8 Å². The van der Waals surface area contributed by atoms with Crippen LogP contribution in [-0.2, 0) is 22.6 Å². The average Bonchev–Trinajstić information content (AvgIpc) is 3.54. The van der Waals surface area contributed by atoms with Crippen molar-refractivity contribution in [1.29, 1.82) is 0 Å². The molecule has 0 radical (unpaired) electrons. The first kappa shape index (κ1) is 24.8. The van der Waals surface area contributed by atoms with Crippen LogP contribution in [-0.4, -0.2) is 79.3 Å². The number of hydrogen-bond acceptors (Lipinski definition) is 9. The van der Waals surface area contributed by atoms with E-state index in [-0.39, 0.29) is 6.61 Å². The van der Waals surface area contributed by atoms with Gasteiger partial charge in [-0.1, -0.05) is 35.5 Å². The van der Waals surface area contributed by atoms with Gasteiger partial charge in [0.25, 0.3) is 0 Å². The van der Waals surface area contributed by atoms with E-state index in [2.05, 4.69) is 15.0 Å². The van der Waals surface area contributed by atoms with Crippen LogP contribution in [0.2, 0.25) is 0 Å². The summed E-state index contributed by atoms with van der Waals surface area (Å²) in [5.74, 6) is 3.70. The van der Waals surface area contributed by atoms with E-state index in [1.807, 2.05) is 54.2 Å². The zero-order valence-corrected chi connectivity index (χ0v) is 20.4. The van der Waals surface area contributed by atoms with Crippen LogP contribution in [0.3, 0.4) is 0 Å². The molecule has 0 bridgehead atoms. The molecule has 0 spiro atoms. The molecule has 1 aromatic carbocycles. The number of anilines is 1. The third-order valence-electron chi connectivity index (χ3n) is 5.71. The number of methoxy groups -OCH3 is 1. The lowest BCUT2D eigenvalue weighted by atomic mass is 10.1. The molecule has 1 atom stereocenters. The highest BCUT2D eigenvalue weighted by atomic mass is 32.2. The summed E-state index contributed by atoms with van der Waals surface area (Å²) in [5.41, 5.74) is 2.91. The third kappa shape index (κ3) is 6.86. The van der Waals surface area contributed by atoms with Crippen molar-refractivity contribution >= 4 is 17.6 Å². The molecule has 1 saturated heterocycles. The van der Waals surface area contributed by atoms with Crippen molar-refractivity contribution in [3.8, 4) is 11.3 Å². The van der Waals surface area contributed by atoms with Crippen molar-refractivity contribution in [2.75, 3.05) is 62.9 Å². The summed E-state index contributed by atoms with van der Waals surface area (Å²) in [6.45, 7) is 4.67. The number of hydrogen-bond donors (Lipinski definition) is 1. The highest BCUT2D eigenvalue weighted by Crippen LogP contribution is 2.33. The Morgan fingerprint density at radius 2 is 2.00 bits per heavy atom. The molecule has 4 rings (SSSR count). The Bertz CT molecular complexity index is 960. The van der Waals surface area contributed by atoms with E-state index < -0.39 is 6.10 Å². The van der Waals surface area contributed by atoms with E-state index in [0.29, 0.717) is 32.8 Å². The van der Waals surface area contributed by atoms with Gasteiger partial charge in [-0.05, 0) is 12.1 Å². The summed E-state index contributed by atoms with van der Waals surface area (Å²) < 4.78 is 22.2. The monoisotopic (exact) mass is 487 g/mol. The van der Waals surface area contributed by atoms with E-state index in [4.69, 9.17) is 18.4 Å². The van der Waals surface area contributed by atoms with E-state index >= 15 is 0 Å². The topological polar surface area (TPSA) is 84.3 Å². The molecule has 0 aliphatic carbocycles. The number of furan rings is 1. The molecule has 9 heteroatoms. The van der Waals surface area contributed by atoms with Crippen LogP contribution in [0.1, 0.15) is 11.3 Å². The van der Waals surface area contributed by atoms with Crippen molar-refractivity contribution < 1.29 is 23.5 Å². The number of thioether (sulfide) groups is 1. The lowest BCUT2D eigenvalue weighted by Crippen LogP contribution is -2.37. The zero-order valence-electron chi connectivity index (χ0n) is 19.6. The number of benzene rings is 1. The fourth-order valence-corrected chi connectivity index (χ4v) is 4.90. The van der Waals surface area contributed by atoms with Gasteiger partial charge in [-0.15, -0.1) is 0 Å². The summed E-state index contributed by atoms with van der Waals surface area (Å²) in [6, 6.07) is 13.8. The van der Waals surface area contributed by atoms with Crippen LogP contribution in [0, 0.1) is 0 Å². The van der Waals surface area contributed by atoms with Gasteiger partial charge in [-0.3, -0.25) is 4.90 Å². The summed E-state index contributed by atoms with van der Waals surface area (Å²) in [6.07, 6.45) is 0.963. The number of rotatable bonds is 13. The summed E-state index contributed by atoms with van der Waals surface area (Å²) in [5, 5.41) is 15.2. The summed E-state index contributed by atoms with van der Waals surface area (Å²) in [4.78, 5) is 4.45. The Morgan fingerprint density at radius 1 is 1.18 bits per heavy atom. The molecule has 3 heterocycles. The lowest BCUT2D eigenvalue weighted by molar-refractivity contribution is 0.000505. The van der Waals surface area contributed by atoms with Crippen LogP contribution < -0.4 is 4.90 Å². The van der Waals surface area contributed by atoms with Crippen molar-refractivity contribution in [3.63, 3.8) is 0 Å². The highest BCUT2D eigenvalue weighted by molar-refractivity contribution is 7.99. The number of ether oxygens (including phenoxy) is 2. The Morgan fingerprint density at radius 3 is 2.74 bits per heavy atom. The minimum Gasteiger partial charge on any atom is -0.467 e. The molecule has 0 unspecified atom stereocenters. The Hall–Kier alpha value is -2.30. The number of nitrogens with zero attached hydrogens (tertiary/aromatic N) is 3. The van der Waals surface area contributed by atoms with Crippen molar-refractivity contribution in [2.24, 2.45) is 0 Å². The van der Waals surface area contributed by atoms with Crippen molar-refractivity contribution in [3.05, 3.63) is 60.1 Å². The van der Waals surface area contributed by atoms with Crippen molar-refractivity contribution in [1.82, 2.24) is 10.1 Å². The minimum atomic E-state index is -0.651. The van der Waals surface area contributed by atoms with Crippen LogP contribution in [0.5, 0.6) is 0 Å². The van der Waals surface area contributed by atoms with E-state index in [9.17, 15) is 5.11 Å². The molecule has 184 valence electrons. The van der Waals surface area contributed by atoms with Gasteiger partial charge in [-0.2, -0.15) is 11.8 Å². The third-order valence-corrected chi connectivity index (χ3v) is 6.65. The van der Waals surface area contributed by atoms with Crippen molar-refractivity contribution in [2.45, 2.75) is 19.3 Å².